The van der Waals surface area contributed by atoms with Crippen molar-refractivity contribution in [2.24, 2.45) is 0 Å². The lowest BCUT2D eigenvalue weighted by Gasteiger charge is -2.18. The molecule has 9 nitrogen and oxygen atoms in total. The Bertz CT molecular complexity index is 1080. The van der Waals surface area contributed by atoms with Crippen LogP contribution in [-0.2, 0) is 11.4 Å². The molecule has 0 aliphatic carbocycles. The number of ether oxygens (including phenoxy) is 3. The van der Waals surface area contributed by atoms with Gasteiger partial charge in [0.25, 0.3) is 0 Å². The van der Waals surface area contributed by atoms with Gasteiger partial charge in [0.05, 0.1) is 5.75 Å². The van der Waals surface area contributed by atoms with Crippen molar-refractivity contribution in [2.45, 2.75) is 31.5 Å². The second-order valence-corrected chi connectivity index (χ2v) is 8.42. The Hall–Kier alpha value is -3.40. The third-order valence-electron chi connectivity index (χ3n) is 4.81. The number of fused-ring (bicyclic) bond motifs is 1. The minimum absolute atomic E-state index is 0.126. The highest BCUT2D eigenvalue weighted by Crippen LogP contribution is 2.32. The number of hydrogen-bond donors (Lipinski definition) is 2. The topological polar surface area (TPSA) is 114 Å². The number of amides is 1. The van der Waals surface area contributed by atoms with Crippen molar-refractivity contribution in [3.8, 4) is 17.2 Å². The molecule has 1 aliphatic heterocycles. The van der Waals surface area contributed by atoms with E-state index in [1.807, 2.05) is 24.3 Å². The first-order chi connectivity index (χ1) is 15.5. The van der Waals surface area contributed by atoms with Crippen LogP contribution in [0.1, 0.15) is 31.2 Å². The van der Waals surface area contributed by atoms with Gasteiger partial charge in [-0.1, -0.05) is 37.7 Å². The molecule has 0 atom stereocenters. The fourth-order valence-corrected chi connectivity index (χ4v) is 3.72. The molecule has 0 saturated heterocycles. The molecule has 0 spiro atoms. The van der Waals surface area contributed by atoms with Gasteiger partial charge < -0.3 is 25.4 Å². The van der Waals surface area contributed by atoms with Gasteiger partial charge in [-0.05, 0) is 35.7 Å². The van der Waals surface area contributed by atoms with Gasteiger partial charge in [0, 0.05) is 11.8 Å². The summed E-state index contributed by atoms with van der Waals surface area (Å²) in [6, 6.07) is 13.2. The van der Waals surface area contributed by atoms with Gasteiger partial charge in [0.1, 0.15) is 25.6 Å². The van der Waals surface area contributed by atoms with Crippen molar-refractivity contribution in [3.05, 3.63) is 53.9 Å². The molecule has 0 fully saturated rings. The largest absolute Gasteiger partial charge is 0.486 e. The van der Waals surface area contributed by atoms with Crippen molar-refractivity contribution in [3.63, 3.8) is 0 Å². The molecular formula is C22H25N5O4S. The van der Waals surface area contributed by atoms with E-state index in [-0.39, 0.29) is 18.3 Å². The molecule has 4 rings (SSSR count). The molecule has 0 saturated carbocycles. The Kier molecular flexibility index (Phi) is 6.69. The molecule has 3 N–H and O–H groups in total. The minimum atomic E-state index is -0.197. The van der Waals surface area contributed by atoms with Crippen molar-refractivity contribution >= 4 is 23.4 Å². The lowest BCUT2D eigenvalue weighted by atomic mass is 10.0. The van der Waals surface area contributed by atoms with Crippen LogP contribution >= 0.6 is 11.8 Å². The van der Waals surface area contributed by atoms with Gasteiger partial charge in [0.2, 0.25) is 11.1 Å². The maximum atomic E-state index is 12.3. The first-order valence-corrected chi connectivity index (χ1v) is 11.2. The number of nitrogens with two attached hydrogens (primary N) is 1. The molecule has 1 aliphatic rings. The van der Waals surface area contributed by atoms with Crippen molar-refractivity contribution in [1.29, 1.82) is 0 Å². The summed E-state index contributed by atoms with van der Waals surface area (Å²) in [4.78, 5) is 12.3. The summed E-state index contributed by atoms with van der Waals surface area (Å²) in [5.74, 6) is 8.95. The summed E-state index contributed by atoms with van der Waals surface area (Å²) in [5.41, 5.74) is 1.87. The van der Waals surface area contributed by atoms with Crippen LogP contribution in [0.2, 0.25) is 0 Å². The molecule has 10 heteroatoms. The number of nitrogens with zero attached hydrogens (tertiary/aromatic N) is 3. The van der Waals surface area contributed by atoms with E-state index in [0.717, 1.165) is 5.75 Å². The van der Waals surface area contributed by atoms with Gasteiger partial charge in [0.15, 0.2) is 17.3 Å². The van der Waals surface area contributed by atoms with E-state index in [9.17, 15) is 4.79 Å². The number of benzene rings is 2. The zero-order chi connectivity index (χ0) is 22.5. The van der Waals surface area contributed by atoms with Gasteiger partial charge in [-0.25, -0.2) is 4.68 Å². The van der Waals surface area contributed by atoms with E-state index in [1.165, 1.54) is 22.0 Å². The van der Waals surface area contributed by atoms with Crippen LogP contribution in [-0.4, -0.2) is 39.7 Å². The normalized spacial score (nSPS) is 12.6. The number of anilines is 1. The van der Waals surface area contributed by atoms with Crippen LogP contribution in [0.3, 0.4) is 0 Å². The number of rotatable bonds is 8. The molecular weight excluding hydrogens is 430 g/mol. The first-order valence-electron chi connectivity index (χ1n) is 10.2. The number of nitrogens with one attached hydrogen (secondary N) is 1. The quantitative estimate of drug-likeness (QED) is 0.393. The molecule has 0 unspecified atom stereocenters. The summed E-state index contributed by atoms with van der Waals surface area (Å²) in [6.07, 6.45) is 0. The lowest BCUT2D eigenvalue weighted by Crippen LogP contribution is -2.18. The Morgan fingerprint density at radius 1 is 1.16 bits per heavy atom. The maximum absolute atomic E-state index is 12.3. The van der Waals surface area contributed by atoms with Gasteiger partial charge in [-0.2, -0.15) is 0 Å². The Morgan fingerprint density at radius 3 is 2.66 bits per heavy atom. The Morgan fingerprint density at radius 2 is 1.91 bits per heavy atom. The van der Waals surface area contributed by atoms with E-state index in [1.54, 1.807) is 18.2 Å². The third kappa shape index (κ3) is 5.25. The average molecular weight is 456 g/mol. The third-order valence-corrected chi connectivity index (χ3v) is 5.75. The van der Waals surface area contributed by atoms with Crippen molar-refractivity contribution < 1.29 is 19.0 Å². The zero-order valence-electron chi connectivity index (χ0n) is 17.9. The molecule has 32 heavy (non-hydrogen) atoms. The molecule has 2 heterocycles. The number of nitrogen functional groups attached to an aromatic ring is 1. The summed E-state index contributed by atoms with van der Waals surface area (Å²) in [5, 5.41) is 11.4. The number of carbonyl (C=O) groups excluding carboxylic acids is 1. The van der Waals surface area contributed by atoms with E-state index < -0.39 is 0 Å². The first kappa shape index (κ1) is 21.8. The molecule has 1 aromatic heterocycles. The predicted octanol–water partition coefficient (Wildman–Crippen LogP) is 3.20. The molecule has 3 aromatic rings. The molecule has 1 amide bonds. The highest BCUT2D eigenvalue weighted by atomic mass is 32.2. The fraction of sp³-hybridized carbons (Fsp3) is 0.318. The van der Waals surface area contributed by atoms with E-state index in [2.05, 4.69) is 29.4 Å². The second kappa shape index (κ2) is 9.82. The number of carbonyl (C=O) groups is 1. The SMILES string of the molecule is CC(C)c1ccc(OCc2nnc(SCC(=O)Nc3ccc4c(c3)OCCO4)n2N)cc1. The number of aromatic nitrogens is 3. The van der Waals surface area contributed by atoms with Gasteiger partial charge >= 0.3 is 0 Å². The van der Waals surface area contributed by atoms with Crippen LogP contribution in [0.4, 0.5) is 5.69 Å². The summed E-state index contributed by atoms with van der Waals surface area (Å²) in [6.45, 7) is 5.47. The van der Waals surface area contributed by atoms with Gasteiger partial charge in [-0.3, -0.25) is 4.79 Å². The average Bonchev–Trinajstić information content (AvgIpc) is 3.15. The standard InChI is InChI=1S/C22H25N5O4S/c1-14(2)15-3-6-17(7-4-15)31-12-20-25-26-22(27(20)23)32-13-21(28)24-16-5-8-18-19(11-16)30-10-9-29-18/h3-8,11,14H,9-10,12-13,23H2,1-2H3,(H,24,28). The number of thioether (sulfide) groups is 1. The zero-order valence-corrected chi connectivity index (χ0v) is 18.7. The van der Waals surface area contributed by atoms with E-state index in [0.29, 0.717) is 47.3 Å². The van der Waals surface area contributed by atoms with Gasteiger partial charge in [-0.15, -0.1) is 10.2 Å². The van der Waals surface area contributed by atoms with Crippen LogP contribution in [0.25, 0.3) is 0 Å². The lowest BCUT2D eigenvalue weighted by molar-refractivity contribution is -0.113. The molecule has 0 radical (unpaired) electrons. The second-order valence-electron chi connectivity index (χ2n) is 7.48. The highest BCUT2D eigenvalue weighted by Gasteiger charge is 2.15. The fourth-order valence-electron chi connectivity index (χ4n) is 3.05. The molecule has 2 aromatic carbocycles. The van der Waals surface area contributed by atoms with Crippen molar-refractivity contribution in [2.75, 3.05) is 30.1 Å². The predicted molar refractivity (Wildman–Crippen MR) is 122 cm³/mol. The Balaban J connectivity index is 1.28. The van der Waals surface area contributed by atoms with Crippen LogP contribution < -0.4 is 25.4 Å². The van der Waals surface area contributed by atoms with Crippen LogP contribution in [0, 0.1) is 0 Å². The Labute approximate surface area is 190 Å². The summed E-state index contributed by atoms with van der Waals surface area (Å²) < 4.78 is 18.1. The smallest absolute Gasteiger partial charge is 0.234 e. The van der Waals surface area contributed by atoms with Crippen LogP contribution in [0.15, 0.2) is 47.6 Å². The summed E-state index contributed by atoms with van der Waals surface area (Å²) >= 11 is 1.19. The minimum Gasteiger partial charge on any atom is -0.486 e. The summed E-state index contributed by atoms with van der Waals surface area (Å²) in [7, 11) is 0. The van der Waals surface area contributed by atoms with Crippen LogP contribution in [0.5, 0.6) is 17.2 Å². The number of hydrogen-bond acceptors (Lipinski definition) is 8. The monoisotopic (exact) mass is 455 g/mol. The van der Waals surface area contributed by atoms with Crippen molar-refractivity contribution in [1.82, 2.24) is 14.9 Å². The maximum Gasteiger partial charge on any atom is 0.234 e. The van der Waals surface area contributed by atoms with E-state index >= 15 is 0 Å². The van der Waals surface area contributed by atoms with E-state index in [4.69, 9.17) is 20.1 Å². The molecule has 168 valence electrons. The molecule has 0 bridgehead atoms. The highest BCUT2D eigenvalue weighted by molar-refractivity contribution is 7.99.